The van der Waals surface area contributed by atoms with Crippen LogP contribution >= 0.6 is 0 Å². The minimum Gasteiger partial charge on any atom is -0.390 e. The lowest BCUT2D eigenvalue weighted by Gasteiger charge is -2.15. The third-order valence-corrected chi connectivity index (χ3v) is 2.56. The number of hydrogen-bond acceptors (Lipinski definition) is 6. The number of anilines is 1. The number of nitrogens with one attached hydrogen (secondary N) is 3. The highest BCUT2D eigenvalue weighted by molar-refractivity contribution is 5.21. The van der Waals surface area contributed by atoms with Gasteiger partial charge in [-0.05, 0) is 6.07 Å². The normalized spacial score (nSPS) is 24.6. The second kappa shape index (κ2) is 5.74. The maximum absolute atomic E-state index is 9.54. The standard InChI is InChI=1S/C10H17N5O/c16-9-7-11-6-8(9)12-4-5-15-10-13-2-1-3-14-10/h1-3,8-9,11-12,16H,4-7H2,(H,13,14,15)/t8-,9-/m1/s1. The van der Waals surface area contributed by atoms with E-state index in [1.165, 1.54) is 0 Å². The Bertz CT molecular complexity index is 307. The first kappa shape index (κ1) is 11.3. The Balaban J connectivity index is 1.62. The van der Waals surface area contributed by atoms with Crippen LogP contribution in [0.4, 0.5) is 5.95 Å². The lowest BCUT2D eigenvalue weighted by atomic mass is 10.2. The summed E-state index contributed by atoms with van der Waals surface area (Å²) in [5.74, 6) is 0.634. The van der Waals surface area contributed by atoms with Crippen LogP contribution in [0.2, 0.25) is 0 Å². The van der Waals surface area contributed by atoms with E-state index in [9.17, 15) is 5.11 Å². The fourth-order valence-corrected chi connectivity index (χ4v) is 1.70. The number of rotatable bonds is 5. The van der Waals surface area contributed by atoms with Crippen LogP contribution in [0, 0.1) is 0 Å². The molecule has 1 aromatic heterocycles. The summed E-state index contributed by atoms with van der Waals surface area (Å²) in [6.07, 6.45) is 3.12. The van der Waals surface area contributed by atoms with Gasteiger partial charge in [0.05, 0.1) is 6.10 Å². The molecule has 16 heavy (non-hydrogen) atoms. The fourth-order valence-electron chi connectivity index (χ4n) is 1.70. The summed E-state index contributed by atoms with van der Waals surface area (Å²) < 4.78 is 0. The molecule has 2 heterocycles. The number of aliphatic hydroxyl groups excluding tert-OH is 1. The molecule has 6 nitrogen and oxygen atoms in total. The second-order valence-corrected chi connectivity index (χ2v) is 3.79. The van der Waals surface area contributed by atoms with Gasteiger partial charge in [0, 0.05) is 44.6 Å². The lowest BCUT2D eigenvalue weighted by molar-refractivity contribution is 0.164. The van der Waals surface area contributed by atoms with Crippen LogP contribution < -0.4 is 16.0 Å². The van der Waals surface area contributed by atoms with Crippen molar-refractivity contribution in [3.8, 4) is 0 Å². The first-order chi connectivity index (χ1) is 7.86. The van der Waals surface area contributed by atoms with E-state index in [-0.39, 0.29) is 12.1 Å². The Morgan fingerprint density at radius 3 is 2.81 bits per heavy atom. The highest BCUT2D eigenvalue weighted by Crippen LogP contribution is 1.98. The van der Waals surface area contributed by atoms with Crippen LogP contribution in [-0.2, 0) is 0 Å². The highest BCUT2D eigenvalue weighted by atomic mass is 16.3. The summed E-state index contributed by atoms with van der Waals surface area (Å²) in [6.45, 7) is 3.02. The largest absolute Gasteiger partial charge is 0.390 e. The van der Waals surface area contributed by atoms with E-state index in [1.807, 2.05) is 0 Å². The number of aliphatic hydroxyl groups is 1. The van der Waals surface area contributed by atoms with Gasteiger partial charge < -0.3 is 21.1 Å². The van der Waals surface area contributed by atoms with Crippen LogP contribution in [0.1, 0.15) is 0 Å². The van der Waals surface area contributed by atoms with E-state index in [0.717, 1.165) is 19.6 Å². The molecule has 0 aromatic carbocycles. The average molecular weight is 223 g/mol. The molecule has 0 radical (unpaired) electrons. The first-order valence-corrected chi connectivity index (χ1v) is 5.49. The van der Waals surface area contributed by atoms with E-state index in [1.54, 1.807) is 18.5 Å². The second-order valence-electron chi connectivity index (χ2n) is 3.79. The first-order valence-electron chi connectivity index (χ1n) is 5.49. The molecule has 0 spiro atoms. The Morgan fingerprint density at radius 2 is 2.12 bits per heavy atom. The molecule has 88 valence electrons. The van der Waals surface area contributed by atoms with Crippen molar-refractivity contribution < 1.29 is 5.11 Å². The van der Waals surface area contributed by atoms with Crippen LogP contribution in [0.25, 0.3) is 0 Å². The van der Waals surface area contributed by atoms with Crippen molar-refractivity contribution >= 4 is 5.95 Å². The molecule has 6 heteroatoms. The van der Waals surface area contributed by atoms with Crippen LogP contribution in [0.3, 0.4) is 0 Å². The predicted molar refractivity (Wildman–Crippen MR) is 61.2 cm³/mol. The van der Waals surface area contributed by atoms with Crippen molar-refractivity contribution in [3.05, 3.63) is 18.5 Å². The minimum atomic E-state index is -0.284. The number of β-amino-alcohol motifs (C(OH)–C–C–N with tert-alkyl or cyclic N) is 1. The molecule has 1 aliphatic rings. The fraction of sp³-hybridized carbons (Fsp3) is 0.600. The molecule has 1 aliphatic heterocycles. The van der Waals surface area contributed by atoms with Crippen molar-refractivity contribution in [2.75, 3.05) is 31.5 Å². The minimum absolute atomic E-state index is 0.151. The molecular formula is C10H17N5O. The molecule has 0 saturated carbocycles. The Hall–Kier alpha value is -1.24. The van der Waals surface area contributed by atoms with E-state index in [4.69, 9.17) is 0 Å². The molecule has 2 rings (SSSR count). The van der Waals surface area contributed by atoms with Gasteiger partial charge in [0.15, 0.2) is 0 Å². The van der Waals surface area contributed by atoms with E-state index >= 15 is 0 Å². The van der Waals surface area contributed by atoms with Crippen LogP contribution in [0.15, 0.2) is 18.5 Å². The summed E-state index contributed by atoms with van der Waals surface area (Å²) in [5, 5.41) is 19.0. The summed E-state index contributed by atoms with van der Waals surface area (Å²) in [6, 6.07) is 1.93. The Morgan fingerprint density at radius 1 is 1.31 bits per heavy atom. The van der Waals surface area contributed by atoms with Gasteiger partial charge in [0.1, 0.15) is 0 Å². The number of nitrogens with zero attached hydrogens (tertiary/aromatic N) is 2. The van der Waals surface area contributed by atoms with E-state index in [2.05, 4.69) is 25.9 Å². The smallest absolute Gasteiger partial charge is 0.222 e. The van der Waals surface area contributed by atoms with Gasteiger partial charge in [-0.3, -0.25) is 0 Å². The summed E-state index contributed by atoms with van der Waals surface area (Å²) >= 11 is 0. The van der Waals surface area contributed by atoms with E-state index < -0.39 is 0 Å². The Labute approximate surface area is 94.5 Å². The lowest BCUT2D eigenvalue weighted by Crippen LogP contribution is -2.41. The molecule has 1 saturated heterocycles. The van der Waals surface area contributed by atoms with Gasteiger partial charge in [-0.15, -0.1) is 0 Å². The Kier molecular flexibility index (Phi) is 4.03. The van der Waals surface area contributed by atoms with Gasteiger partial charge in [-0.25, -0.2) is 9.97 Å². The molecule has 0 aliphatic carbocycles. The molecule has 0 bridgehead atoms. The molecule has 0 amide bonds. The molecule has 1 fully saturated rings. The third-order valence-electron chi connectivity index (χ3n) is 2.56. The highest BCUT2D eigenvalue weighted by Gasteiger charge is 2.23. The number of aromatic nitrogens is 2. The van der Waals surface area contributed by atoms with Crippen LogP contribution in [-0.4, -0.2) is 53.4 Å². The van der Waals surface area contributed by atoms with Crippen molar-refractivity contribution in [3.63, 3.8) is 0 Å². The zero-order valence-electron chi connectivity index (χ0n) is 9.06. The summed E-state index contributed by atoms with van der Waals surface area (Å²) in [4.78, 5) is 8.10. The van der Waals surface area contributed by atoms with E-state index in [0.29, 0.717) is 12.5 Å². The summed E-state index contributed by atoms with van der Waals surface area (Å²) in [5.41, 5.74) is 0. The van der Waals surface area contributed by atoms with Crippen molar-refractivity contribution in [2.24, 2.45) is 0 Å². The van der Waals surface area contributed by atoms with Gasteiger partial charge in [0.2, 0.25) is 5.95 Å². The van der Waals surface area contributed by atoms with Gasteiger partial charge in [0.25, 0.3) is 0 Å². The maximum atomic E-state index is 9.54. The van der Waals surface area contributed by atoms with Gasteiger partial charge >= 0.3 is 0 Å². The molecule has 2 atom stereocenters. The third kappa shape index (κ3) is 3.13. The monoisotopic (exact) mass is 223 g/mol. The zero-order chi connectivity index (χ0) is 11.2. The van der Waals surface area contributed by atoms with Crippen molar-refractivity contribution in [2.45, 2.75) is 12.1 Å². The van der Waals surface area contributed by atoms with Crippen molar-refractivity contribution in [1.82, 2.24) is 20.6 Å². The van der Waals surface area contributed by atoms with Crippen LogP contribution in [0.5, 0.6) is 0 Å². The molecule has 1 aromatic rings. The quantitative estimate of drug-likeness (QED) is 0.470. The van der Waals surface area contributed by atoms with Gasteiger partial charge in [-0.1, -0.05) is 0 Å². The molecule has 0 unspecified atom stereocenters. The predicted octanol–water partition coefficient (Wildman–Crippen LogP) is -1.19. The maximum Gasteiger partial charge on any atom is 0.222 e. The number of hydrogen-bond donors (Lipinski definition) is 4. The topological polar surface area (TPSA) is 82.1 Å². The van der Waals surface area contributed by atoms with Crippen molar-refractivity contribution in [1.29, 1.82) is 0 Å². The SMILES string of the molecule is O[C@@H]1CNC[C@H]1NCCNc1ncccn1. The average Bonchev–Trinajstić information content (AvgIpc) is 2.72. The summed E-state index contributed by atoms with van der Waals surface area (Å²) in [7, 11) is 0. The zero-order valence-corrected chi connectivity index (χ0v) is 9.06. The van der Waals surface area contributed by atoms with Gasteiger partial charge in [-0.2, -0.15) is 0 Å². The molecule has 4 N–H and O–H groups in total. The molecular weight excluding hydrogens is 206 g/mol.